The predicted molar refractivity (Wildman–Crippen MR) is 102 cm³/mol. The van der Waals surface area contributed by atoms with Crippen molar-refractivity contribution in [3.8, 4) is 22.6 Å². The fourth-order valence-electron chi connectivity index (χ4n) is 2.95. The number of ether oxygens (including phenoxy) is 2. The van der Waals surface area contributed by atoms with Crippen molar-refractivity contribution >= 4 is 17.5 Å². The molecule has 2 aromatic carbocycles. The second-order valence-electron chi connectivity index (χ2n) is 6.23. The Balaban J connectivity index is 1.57. The quantitative estimate of drug-likeness (QED) is 0.749. The van der Waals surface area contributed by atoms with E-state index in [1.165, 1.54) is 0 Å². The first-order valence-corrected chi connectivity index (χ1v) is 8.94. The van der Waals surface area contributed by atoms with Crippen molar-refractivity contribution in [2.45, 2.75) is 6.54 Å². The highest BCUT2D eigenvalue weighted by Gasteiger charge is 2.20. The monoisotopic (exact) mass is 383 g/mol. The molecule has 0 spiro atoms. The molecule has 0 aliphatic carbocycles. The molecule has 0 bridgehead atoms. The first kappa shape index (κ1) is 17.4. The van der Waals surface area contributed by atoms with Crippen LogP contribution in [0.4, 0.5) is 0 Å². The van der Waals surface area contributed by atoms with Crippen LogP contribution in [0.1, 0.15) is 16.1 Å². The fourth-order valence-corrected chi connectivity index (χ4v) is 3.07. The zero-order valence-corrected chi connectivity index (χ0v) is 15.5. The molecule has 138 valence electrons. The number of halogens is 1. The number of fused-ring (bicyclic) bond motifs is 1. The molecule has 0 unspecified atom stereocenters. The molecule has 7 heteroatoms. The van der Waals surface area contributed by atoms with Crippen molar-refractivity contribution in [3.63, 3.8) is 0 Å². The summed E-state index contributed by atoms with van der Waals surface area (Å²) in [5.41, 5.74) is 2.92. The molecule has 1 N–H and O–H groups in total. The molecular weight excluding hydrogens is 366 g/mol. The second-order valence-corrected chi connectivity index (χ2v) is 6.67. The standard InChI is InChI=1S/C20H18ClN3O3/c1-24-12-16(14-4-7-17-18(10-14)27-9-8-26-17)19(23-24)20(25)22-11-13-2-5-15(21)6-3-13/h2-7,10,12H,8-9,11H2,1H3,(H,22,25). The van der Waals surface area contributed by atoms with Gasteiger partial charge < -0.3 is 14.8 Å². The van der Waals surface area contributed by atoms with Gasteiger partial charge in [-0.25, -0.2) is 0 Å². The lowest BCUT2D eigenvalue weighted by Crippen LogP contribution is -2.24. The van der Waals surface area contributed by atoms with Gasteiger partial charge in [0.25, 0.3) is 5.91 Å². The molecule has 0 atom stereocenters. The first-order valence-electron chi connectivity index (χ1n) is 8.56. The lowest BCUT2D eigenvalue weighted by molar-refractivity contribution is 0.0946. The molecule has 1 aliphatic heterocycles. The number of benzene rings is 2. The summed E-state index contributed by atoms with van der Waals surface area (Å²) in [7, 11) is 1.79. The lowest BCUT2D eigenvalue weighted by Gasteiger charge is -2.18. The van der Waals surface area contributed by atoms with E-state index in [1.807, 2.05) is 36.5 Å². The highest BCUT2D eigenvalue weighted by Crippen LogP contribution is 2.35. The molecule has 6 nitrogen and oxygen atoms in total. The number of rotatable bonds is 4. The van der Waals surface area contributed by atoms with Gasteiger partial charge in [0.1, 0.15) is 13.2 Å². The van der Waals surface area contributed by atoms with E-state index in [-0.39, 0.29) is 5.91 Å². The van der Waals surface area contributed by atoms with Crippen molar-refractivity contribution in [2.24, 2.45) is 7.05 Å². The molecule has 0 radical (unpaired) electrons. The second kappa shape index (κ2) is 7.32. The van der Waals surface area contributed by atoms with E-state index in [0.29, 0.717) is 42.0 Å². The van der Waals surface area contributed by atoms with Gasteiger partial charge in [0.15, 0.2) is 17.2 Å². The summed E-state index contributed by atoms with van der Waals surface area (Å²) in [5.74, 6) is 1.15. The molecule has 0 saturated heterocycles. The molecule has 2 heterocycles. The summed E-state index contributed by atoms with van der Waals surface area (Å²) in [5, 5.41) is 7.91. The van der Waals surface area contributed by atoms with Crippen molar-refractivity contribution in [2.75, 3.05) is 13.2 Å². The normalized spacial score (nSPS) is 12.7. The largest absolute Gasteiger partial charge is 0.486 e. The smallest absolute Gasteiger partial charge is 0.272 e. The number of hydrogen-bond donors (Lipinski definition) is 1. The average Bonchev–Trinajstić information content (AvgIpc) is 3.09. The summed E-state index contributed by atoms with van der Waals surface area (Å²) >= 11 is 5.89. The molecule has 1 aliphatic rings. The molecule has 3 aromatic rings. The maximum Gasteiger partial charge on any atom is 0.272 e. The minimum atomic E-state index is -0.240. The fraction of sp³-hybridized carbons (Fsp3) is 0.200. The Morgan fingerprint density at radius 3 is 2.67 bits per heavy atom. The molecular formula is C20H18ClN3O3. The van der Waals surface area contributed by atoms with Crippen LogP contribution in [-0.4, -0.2) is 28.9 Å². The van der Waals surface area contributed by atoms with Crippen LogP contribution in [0.2, 0.25) is 5.02 Å². The number of aryl methyl sites for hydroxylation is 1. The van der Waals surface area contributed by atoms with E-state index in [0.717, 1.165) is 16.7 Å². The van der Waals surface area contributed by atoms with E-state index < -0.39 is 0 Å². The minimum Gasteiger partial charge on any atom is -0.486 e. The third-order valence-corrected chi connectivity index (χ3v) is 4.52. The maximum absolute atomic E-state index is 12.7. The van der Waals surface area contributed by atoms with Gasteiger partial charge in [-0.1, -0.05) is 29.8 Å². The number of aromatic nitrogens is 2. The van der Waals surface area contributed by atoms with E-state index in [9.17, 15) is 4.79 Å². The Morgan fingerprint density at radius 1 is 1.15 bits per heavy atom. The third kappa shape index (κ3) is 3.75. The van der Waals surface area contributed by atoms with Crippen LogP contribution in [0.5, 0.6) is 11.5 Å². The summed E-state index contributed by atoms with van der Waals surface area (Å²) in [6, 6.07) is 13.0. The summed E-state index contributed by atoms with van der Waals surface area (Å²) in [6.45, 7) is 1.45. The molecule has 0 fully saturated rings. The van der Waals surface area contributed by atoms with Crippen molar-refractivity contribution < 1.29 is 14.3 Å². The zero-order valence-electron chi connectivity index (χ0n) is 14.7. The van der Waals surface area contributed by atoms with Gasteiger partial charge in [0.05, 0.1) is 0 Å². The maximum atomic E-state index is 12.7. The number of nitrogens with one attached hydrogen (secondary N) is 1. The zero-order chi connectivity index (χ0) is 18.8. The molecule has 0 saturated carbocycles. The number of hydrogen-bond acceptors (Lipinski definition) is 4. The van der Waals surface area contributed by atoms with Gasteiger partial charge in [0.2, 0.25) is 0 Å². The Hall–Kier alpha value is -2.99. The van der Waals surface area contributed by atoms with Gasteiger partial charge in [-0.2, -0.15) is 5.10 Å². The average molecular weight is 384 g/mol. The van der Waals surface area contributed by atoms with Gasteiger partial charge in [-0.3, -0.25) is 9.48 Å². The Bertz CT molecular complexity index is 983. The minimum absolute atomic E-state index is 0.240. The van der Waals surface area contributed by atoms with Crippen molar-refractivity contribution in [1.82, 2.24) is 15.1 Å². The van der Waals surface area contributed by atoms with Crippen molar-refractivity contribution in [1.29, 1.82) is 0 Å². The van der Waals surface area contributed by atoms with Crippen LogP contribution in [0.15, 0.2) is 48.7 Å². The highest BCUT2D eigenvalue weighted by atomic mass is 35.5. The van der Waals surface area contributed by atoms with E-state index in [2.05, 4.69) is 10.4 Å². The molecule has 4 rings (SSSR count). The topological polar surface area (TPSA) is 65.4 Å². The van der Waals surface area contributed by atoms with Crippen LogP contribution in [0.25, 0.3) is 11.1 Å². The first-order chi connectivity index (χ1) is 13.1. The number of amides is 1. The van der Waals surface area contributed by atoms with Crippen LogP contribution in [0, 0.1) is 0 Å². The Morgan fingerprint density at radius 2 is 1.89 bits per heavy atom. The number of nitrogens with zero attached hydrogens (tertiary/aromatic N) is 2. The Labute approximate surface area is 161 Å². The van der Waals surface area contributed by atoms with Gasteiger partial charge >= 0.3 is 0 Å². The highest BCUT2D eigenvalue weighted by molar-refractivity contribution is 6.30. The van der Waals surface area contributed by atoms with E-state index >= 15 is 0 Å². The van der Waals surface area contributed by atoms with Crippen LogP contribution >= 0.6 is 11.6 Å². The van der Waals surface area contributed by atoms with Gasteiger partial charge in [0, 0.05) is 30.4 Å². The van der Waals surface area contributed by atoms with Crippen LogP contribution < -0.4 is 14.8 Å². The molecule has 1 aromatic heterocycles. The third-order valence-electron chi connectivity index (χ3n) is 4.26. The lowest BCUT2D eigenvalue weighted by atomic mass is 10.1. The van der Waals surface area contributed by atoms with Crippen LogP contribution in [-0.2, 0) is 13.6 Å². The summed E-state index contributed by atoms with van der Waals surface area (Å²) < 4.78 is 12.8. The van der Waals surface area contributed by atoms with E-state index in [4.69, 9.17) is 21.1 Å². The molecule has 1 amide bonds. The SMILES string of the molecule is Cn1cc(-c2ccc3c(c2)OCCO3)c(C(=O)NCc2ccc(Cl)cc2)n1. The van der Waals surface area contributed by atoms with Crippen molar-refractivity contribution in [3.05, 3.63) is 64.9 Å². The summed E-state index contributed by atoms with van der Waals surface area (Å²) in [6.07, 6.45) is 1.82. The van der Waals surface area contributed by atoms with Gasteiger partial charge in [-0.15, -0.1) is 0 Å². The number of carbonyl (C=O) groups excluding carboxylic acids is 1. The van der Waals surface area contributed by atoms with Crippen LogP contribution in [0.3, 0.4) is 0 Å². The molecule has 27 heavy (non-hydrogen) atoms. The number of carbonyl (C=O) groups is 1. The Kier molecular flexibility index (Phi) is 4.73. The van der Waals surface area contributed by atoms with E-state index in [1.54, 1.807) is 23.9 Å². The summed E-state index contributed by atoms with van der Waals surface area (Å²) in [4.78, 5) is 12.7. The predicted octanol–water partition coefficient (Wildman–Crippen LogP) is 3.44. The van der Waals surface area contributed by atoms with Gasteiger partial charge in [-0.05, 0) is 35.4 Å².